The van der Waals surface area contributed by atoms with Crippen LogP contribution in [0.3, 0.4) is 0 Å². The molecule has 10 nitrogen and oxygen atoms in total. The molecular formula is C19H30N6O4. The van der Waals surface area contributed by atoms with Gasteiger partial charge in [-0.1, -0.05) is 0 Å². The van der Waals surface area contributed by atoms with Gasteiger partial charge in [-0.15, -0.1) is 0 Å². The Morgan fingerprint density at radius 1 is 1.14 bits per heavy atom. The lowest BCUT2D eigenvalue weighted by Crippen LogP contribution is -2.49. The molecule has 3 heterocycles. The molecule has 160 valence electrons. The van der Waals surface area contributed by atoms with Crippen LogP contribution in [0.2, 0.25) is 0 Å². The lowest BCUT2D eigenvalue weighted by molar-refractivity contribution is -0.385. The van der Waals surface area contributed by atoms with E-state index in [0.717, 1.165) is 58.7 Å². The molecule has 0 aromatic carbocycles. The zero-order valence-corrected chi connectivity index (χ0v) is 17.4. The minimum absolute atomic E-state index is 0.0925. The van der Waals surface area contributed by atoms with Gasteiger partial charge in [0.15, 0.2) is 0 Å². The van der Waals surface area contributed by atoms with Crippen LogP contribution in [-0.4, -0.2) is 82.2 Å². The van der Waals surface area contributed by atoms with Crippen LogP contribution in [0, 0.1) is 16.0 Å². The number of anilines is 1. The second-order valence-corrected chi connectivity index (χ2v) is 8.70. The van der Waals surface area contributed by atoms with Gasteiger partial charge in [-0.05, 0) is 39.5 Å². The Morgan fingerprint density at radius 3 is 2.24 bits per heavy atom. The van der Waals surface area contributed by atoms with Crippen LogP contribution in [-0.2, 0) is 4.74 Å². The first-order valence-corrected chi connectivity index (χ1v) is 10.1. The first-order chi connectivity index (χ1) is 13.7. The fraction of sp³-hybridized carbons (Fsp3) is 0.737. The van der Waals surface area contributed by atoms with E-state index < -0.39 is 10.5 Å². The van der Waals surface area contributed by atoms with Crippen LogP contribution in [0.5, 0.6) is 0 Å². The fourth-order valence-electron chi connectivity index (χ4n) is 3.69. The summed E-state index contributed by atoms with van der Waals surface area (Å²) < 4.78 is 5.46. The van der Waals surface area contributed by atoms with E-state index in [-0.39, 0.29) is 11.8 Å². The number of aromatic nitrogens is 2. The summed E-state index contributed by atoms with van der Waals surface area (Å²) in [6.07, 6.45) is 4.28. The number of rotatable bonds is 4. The van der Waals surface area contributed by atoms with Gasteiger partial charge in [0.2, 0.25) is 5.95 Å². The molecule has 0 N–H and O–H groups in total. The molecule has 2 aliphatic rings. The number of amides is 1. The number of carbonyl (C=O) groups excluding carboxylic acids is 1. The van der Waals surface area contributed by atoms with Crippen molar-refractivity contribution in [3.63, 3.8) is 0 Å². The predicted molar refractivity (Wildman–Crippen MR) is 108 cm³/mol. The number of nitrogens with zero attached hydrogens (tertiary/aromatic N) is 6. The topological polar surface area (TPSA) is 105 Å². The molecule has 0 saturated carbocycles. The number of carbonyl (C=O) groups is 1. The summed E-state index contributed by atoms with van der Waals surface area (Å²) in [7, 11) is 0. The molecule has 0 spiro atoms. The minimum atomic E-state index is -0.490. The average molecular weight is 406 g/mol. The lowest BCUT2D eigenvalue weighted by atomic mass is 9.96. The zero-order valence-electron chi connectivity index (χ0n) is 17.4. The normalized spacial score (nSPS) is 19.3. The molecule has 2 saturated heterocycles. The summed E-state index contributed by atoms with van der Waals surface area (Å²) >= 11 is 0. The van der Waals surface area contributed by atoms with E-state index in [0.29, 0.717) is 11.9 Å². The standard InChI is InChI=1S/C19H30N6O4/c1-19(2,3)29-18(26)24-6-4-15(5-7-24)14-22-8-10-23(11-9-22)17-20-12-16(13-21-17)25(27)28/h12-13,15H,4-11,14H2,1-3H3. The number of piperidine rings is 1. The van der Waals surface area contributed by atoms with Crippen LogP contribution in [0.1, 0.15) is 33.6 Å². The molecule has 3 rings (SSSR count). The van der Waals surface area contributed by atoms with E-state index in [1.807, 2.05) is 25.7 Å². The Morgan fingerprint density at radius 2 is 1.72 bits per heavy atom. The third kappa shape index (κ3) is 5.99. The fourth-order valence-corrected chi connectivity index (χ4v) is 3.69. The summed E-state index contributed by atoms with van der Waals surface area (Å²) in [4.78, 5) is 37.0. The van der Waals surface area contributed by atoms with Crippen molar-refractivity contribution < 1.29 is 14.5 Å². The Balaban J connectivity index is 1.40. The second kappa shape index (κ2) is 8.89. The number of nitro groups is 1. The van der Waals surface area contributed by atoms with Gasteiger partial charge < -0.3 is 14.5 Å². The van der Waals surface area contributed by atoms with Crippen LogP contribution in [0.4, 0.5) is 16.4 Å². The molecule has 10 heteroatoms. The van der Waals surface area contributed by atoms with Crippen LogP contribution >= 0.6 is 0 Å². The van der Waals surface area contributed by atoms with Crippen LogP contribution in [0.25, 0.3) is 0 Å². The quantitative estimate of drug-likeness (QED) is 0.553. The number of likely N-dealkylation sites (tertiary alicyclic amines) is 1. The van der Waals surface area contributed by atoms with E-state index in [1.54, 1.807) is 0 Å². The molecular weight excluding hydrogens is 376 g/mol. The highest BCUT2D eigenvalue weighted by molar-refractivity contribution is 5.68. The largest absolute Gasteiger partial charge is 0.444 e. The van der Waals surface area contributed by atoms with Gasteiger partial charge in [0.1, 0.15) is 18.0 Å². The first kappa shape index (κ1) is 21.2. The van der Waals surface area contributed by atoms with Crippen molar-refractivity contribution in [2.24, 2.45) is 5.92 Å². The minimum Gasteiger partial charge on any atom is -0.444 e. The Kier molecular flexibility index (Phi) is 6.51. The number of hydrogen-bond acceptors (Lipinski definition) is 8. The molecule has 2 fully saturated rings. The average Bonchev–Trinajstić information content (AvgIpc) is 2.68. The Hall–Kier alpha value is -2.49. The maximum atomic E-state index is 12.2. The Bertz CT molecular complexity index is 704. The number of piperazine rings is 1. The van der Waals surface area contributed by atoms with Gasteiger partial charge in [0.05, 0.1) is 4.92 Å². The van der Waals surface area contributed by atoms with Crippen molar-refractivity contribution >= 4 is 17.7 Å². The third-order valence-corrected chi connectivity index (χ3v) is 5.27. The monoisotopic (exact) mass is 406 g/mol. The molecule has 1 aromatic rings. The van der Waals surface area contributed by atoms with Crippen molar-refractivity contribution in [3.05, 3.63) is 22.5 Å². The maximum Gasteiger partial charge on any atom is 0.410 e. The highest BCUT2D eigenvalue weighted by atomic mass is 16.6. The molecule has 2 aliphatic heterocycles. The van der Waals surface area contributed by atoms with Gasteiger partial charge in [-0.2, -0.15) is 0 Å². The molecule has 0 atom stereocenters. The zero-order chi connectivity index (χ0) is 21.0. The van der Waals surface area contributed by atoms with Gasteiger partial charge in [0, 0.05) is 45.8 Å². The Labute approximate surface area is 171 Å². The smallest absolute Gasteiger partial charge is 0.410 e. The molecule has 0 unspecified atom stereocenters. The number of ether oxygens (including phenoxy) is 1. The van der Waals surface area contributed by atoms with Crippen molar-refractivity contribution in [2.75, 3.05) is 50.7 Å². The summed E-state index contributed by atoms with van der Waals surface area (Å²) in [5.74, 6) is 1.12. The van der Waals surface area contributed by atoms with E-state index in [4.69, 9.17) is 4.74 Å². The highest BCUT2D eigenvalue weighted by Gasteiger charge is 2.28. The van der Waals surface area contributed by atoms with Crippen molar-refractivity contribution in [3.8, 4) is 0 Å². The van der Waals surface area contributed by atoms with Gasteiger partial charge in [-0.3, -0.25) is 15.0 Å². The molecule has 1 amide bonds. The van der Waals surface area contributed by atoms with Crippen molar-refractivity contribution in [2.45, 2.75) is 39.2 Å². The second-order valence-electron chi connectivity index (χ2n) is 8.70. The van der Waals surface area contributed by atoms with Crippen molar-refractivity contribution in [1.29, 1.82) is 0 Å². The molecule has 1 aromatic heterocycles. The highest BCUT2D eigenvalue weighted by Crippen LogP contribution is 2.22. The predicted octanol–water partition coefficient (Wildman–Crippen LogP) is 2.15. The summed E-state index contributed by atoms with van der Waals surface area (Å²) in [5, 5.41) is 10.7. The summed E-state index contributed by atoms with van der Waals surface area (Å²) in [6, 6.07) is 0. The molecule has 0 bridgehead atoms. The molecule has 29 heavy (non-hydrogen) atoms. The molecule has 0 aliphatic carbocycles. The van der Waals surface area contributed by atoms with Gasteiger partial charge in [0.25, 0.3) is 0 Å². The van der Waals surface area contributed by atoms with Gasteiger partial charge >= 0.3 is 11.8 Å². The van der Waals surface area contributed by atoms with Crippen LogP contribution < -0.4 is 4.90 Å². The van der Waals surface area contributed by atoms with Crippen molar-refractivity contribution in [1.82, 2.24) is 19.8 Å². The molecule has 0 radical (unpaired) electrons. The number of hydrogen-bond donors (Lipinski definition) is 0. The lowest BCUT2D eigenvalue weighted by Gasteiger charge is -2.39. The van der Waals surface area contributed by atoms with E-state index in [9.17, 15) is 14.9 Å². The summed E-state index contributed by atoms with van der Waals surface area (Å²) in [5.41, 5.74) is -0.550. The van der Waals surface area contributed by atoms with Gasteiger partial charge in [-0.25, -0.2) is 14.8 Å². The van der Waals surface area contributed by atoms with E-state index in [1.165, 1.54) is 12.4 Å². The third-order valence-electron chi connectivity index (χ3n) is 5.27. The first-order valence-electron chi connectivity index (χ1n) is 10.1. The SMILES string of the molecule is CC(C)(C)OC(=O)N1CCC(CN2CCN(c3ncc([N+](=O)[O-])cn3)CC2)CC1. The summed E-state index contributed by atoms with van der Waals surface area (Å²) in [6.45, 7) is 11.6. The van der Waals surface area contributed by atoms with E-state index in [2.05, 4.69) is 19.8 Å². The van der Waals surface area contributed by atoms with E-state index >= 15 is 0 Å². The maximum absolute atomic E-state index is 12.2. The van der Waals surface area contributed by atoms with Crippen LogP contribution in [0.15, 0.2) is 12.4 Å².